The van der Waals surface area contributed by atoms with E-state index in [0.29, 0.717) is 28.7 Å². The van der Waals surface area contributed by atoms with E-state index in [-0.39, 0.29) is 5.69 Å². The number of ether oxygens (including phenoxy) is 1. The molecule has 0 saturated heterocycles. The first kappa shape index (κ1) is 15.9. The number of thiazole rings is 1. The van der Waals surface area contributed by atoms with Gasteiger partial charge >= 0.3 is 6.03 Å². The van der Waals surface area contributed by atoms with Crippen molar-refractivity contribution in [3.8, 4) is 16.5 Å². The summed E-state index contributed by atoms with van der Waals surface area (Å²) in [4.78, 5) is 16.2. The number of aromatic nitrogens is 3. The summed E-state index contributed by atoms with van der Waals surface area (Å²) in [5, 5.41) is 14.2. The van der Waals surface area contributed by atoms with E-state index in [1.54, 1.807) is 12.3 Å². The fourth-order valence-electron chi connectivity index (χ4n) is 2.02. The van der Waals surface area contributed by atoms with Crippen LogP contribution in [0.3, 0.4) is 0 Å². The maximum absolute atomic E-state index is 14.0. The van der Waals surface area contributed by atoms with Crippen LogP contribution in [0, 0.1) is 5.82 Å². The second kappa shape index (κ2) is 7.09. The Morgan fingerprint density at radius 1 is 1.38 bits per heavy atom. The molecule has 0 unspecified atom stereocenters. The van der Waals surface area contributed by atoms with E-state index in [0.717, 1.165) is 0 Å². The summed E-state index contributed by atoms with van der Waals surface area (Å²) < 4.78 is 19.2. The molecule has 0 radical (unpaired) electrons. The molecule has 124 valence electrons. The van der Waals surface area contributed by atoms with Crippen LogP contribution in [0.4, 0.5) is 20.6 Å². The number of benzene rings is 1. The zero-order chi connectivity index (χ0) is 16.9. The third-order valence-corrected chi connectivity index (χ3v) is 3.82. The van der Waals surface area contributed by atoms with Gasteiger partial charge < -0.3 is 15.4 Å². The van der Waals surface area contributed by atoms with Crippen LogP contribution >= 0.6 is 11.3 Å². The molecule has 0 fully saturated rings. The molecule has 0 aliphatic carbocycles. The maximum atomic E-state index is 14.0. The number of amides is 2. The van der Waals surface area contributed by atoms with Crippen molar-refractivity contribution < 1.29 is 13.9 Å². The number of carbonyl (C=O) groups excluding carboxylic acids is 1. The third-order valence-electron chi connectivity index (χ3n) is 3.03. The number of anilines is 2. The molecular weight excluding hydrogens is 333 g/mol. The Hall–Kier alpha value is -2.94. The van der Waals surface area contributed by atoms with Crippen LogP contribution in [0.1, 0.15) is 6.92 Å². The number of halogens is 1. The van der Waals surface area contributed by atoms with Crippen LogP contribution in [0.2, 0.25) is 0 Å². The fraction of sp³-hybridized carbons (Fsp3) is 0.133. The molecular formula is C15H14FN5O2S. The van der Waals surface area contributed by atoms with Crippen molar-refractivity contribution >= 4 is 28.7 Å². The number of nitrogens with zero attached hydrogens (tertiary/aromatic N) is 2. The summed E-state index contributed by atoms with van der Waals surface area (Å²) in [7, 11) is 0. The summed E-state index contributed by atoms with van der Waals surface area (Å²) in [5.41, 5.74) is 1.09. The van der Waals surface area contributed by atoms with Gasteiger partial charge in [0.15, 0.2) is 0 Å². The van der Waals surface area contributed by atoms with Crippen molar-refractivity contribution in [2.75, 3.05) is 17.2 Å². The van der Waals surface area contributed by atoms with E-state index in [4.69, 9.17) is 4.74 Å². The van der Waals surface area contributed by atoms with Gasteiger partial charge in [-0.25, -0.2) is 14.2 Å². The molecule has 3 aromatic rings. The zero-order valence-corrected chi connectivity index (χ0v) is 13.5. The van der Waals surface area contributed by atoms with Gasteiger partial charge in [-0.3, -0.25) is 5.10 Å². The number of hydrogen-bond acceptors (Lipinski definition) is 5. The van der Waals surface area contributed by atoms with Crippen molar-refractivity contribution in [2.45, 2.75) is 6.92 Å². The molecule has 1 aromatic carbocycles. The molecule has 0 saturated carbocycles. The molecule has 3 N–H and O–H groups in total. The van der Waals surface area contributed by atoms with Gasteiger partial charge in [0.25, 0.3) is 0 Å². The molecule has 2 amide bonds. The van der Waals surface area contributed by atoms with Crippen LogP contribution in [0.5, 0.6) is 5.75 Å². The summed E-state index contributed by atoms with van der Waals surface area (Å²) in [6.45, 7) is 2.25. The Bertz CT molecular complexity index is 834. The summed E-state index contributed by atoms with van der Waals surface area (Å²) in [6, 6.07) is 3.66. The largest absolute Gasteiger partial charge is 0.494 e. The standard InChI is InChI=1S/C15H14FN5O2S/c1-2-23-9-3-4-11(10(16)7-9)19-15(22)20-12-8-18-21-13(12)14-17-5-6-24-14/h3-8H,2H2,1H3,(H,18,21)(H2,19,20,22). The zero-order valence-electron chi connectivity index (χ0n) is 12.7. The molecule has 0 bridgehead atoms. The van der Waals surface area contributed by atoms with Crippen LogP contribution in [0.25, 0.3) is 10.7 Å². The minimum atomic E-state index is -0.586. The average molecular weight is 347 g/mol. The van der Waals surface area contributed by atoms with E-state index in [1.807, 2.05) is 12.3 Å². The lowest BCUT2D eigenvalue weighted by atomic mass is 10.3. The minimum absolute atomic E-state index is 0.0512. The monoisotopic (exact) mass is 347 g/mol. The second-order valence-corrected chi connectivity index (χ2v) is 5.54. The van der Waals surface area contributed by atoms with Crippen molar-refractivity contribution in [3.63, 3.8) is 0 Å². The predicted octanol–water partition coefficient (Wildman–Crippen LogP) is 3.72. The van der Waals surface area contributed by atoms with Crippen molar-refractivity contribution in [1.82, 2.24) is 15.2 Å². The molecule has 3 rings (SSSR count). The first-order valence-corrected chi connectivity index (χ1v) is 7.99. The second-order valence-electron chi connectivity index (χ2n) is 4.65. The highest BCUT2D eigenvalue weighted by molar-refractivity contribution is 7.13. The molecule has 24 heavy (non-hydrogen) atoms. The first-order valence-electron chi connectivity index (χ1n) is 7.11. The Kier molecular flexibility index (Phi) is 4.71. The van der Waals surface area contributed by atoms with Gasteiger partial charge in [0.05, 0.1) is 24.2 Å². The van der Waals surface area contributed by atoms with Gasteiger partial charge in [-0.1, -0.05) is 0 Å². The van der Waals surface area contributed by atoms with Gasteiger partial charge in [-0.2, -0.15) is 5.10 Å². The number of H-pyrrole nitrogens is 1. The van der Waals surface area contributed by atoms with Crippen LogP contribution in [-0.4, -0.2) is 27.8 Å². The molecule has 0 spiro atoms. The Balaban J connectivity index is 1.70. The molecule has 7 nitrogen and oxygen atoms in total. The number of rotatable bonds is 5. The normalized spacial score (nSPS) is 10.4. The quantitative estimate of drug-likeness (QED) is 0.656. The number of aromatic amines is 1. The highest BCUT2D eigenvalue weighted by Crippen LogP contribution is 2.27. The Labute approximate surface area is 140 Å². The van der Waals surface area contributed by atoms with E-state index < -0.39 is 11.8 Å². The topological polar surface area (TPSA) is 91.9 Å². The number of hydrogen-bond donors (Lipinski definition) is 3. The van der Waals surface area contributed by atoms with Gasteiger partial charge in [0, 0.05) is 17.6 Å². The molecule has 0 aliphatic rings. The number of urea groups is 1. The van der Waals surface area contributed by atoms with Crippen molar-refractivity contribution in [1.29, 1.82) is 0 Å². The van der Waals surface area contributed by atoms with Crippen molar-refractivity contribution in [2.24, 2.45) is 0 Å². The maximum Gasteiger partial charge on any atom is 0.323 e. The van der Waals surface area contributed by atoms with Crippen LogP contribution in [-0.2, 0) is 0 Å². The lowest BCUT2D eigenvalue weighted by Crippen LogP contribution is -2.20. The van der Waals surface area contributed by atoms with Crippen LogP contribution in [0.15, 0.2) is 36.0 Å². The molecule has 2 aromatic heterocycles. The Morgan fingerprint density at radius 3 is 2.92 bits per heavy atom. The first-order chi connectivity index (χ1) is 11.7. The highest BCUT2D eigenvalue weighted by atomic mass is 32.1. The summed E-state index contributed by atoms with van der Waals surface area (Å²) >= 11 is 1.41. The third kappa shape index (κ3) is 3.51. The van der Waals surface area contributed by atoms with E-state index in [1.165, 1.54) is 29.7 Å². The number of nitrogens with one attached hydrogen (secondary N) is 3. The van der Waals surface area contributed by atoms with Gasteiger partial charge in [0.1, 0.15) is 22.3 Å². The fourth-order valence-corrected chi connectivity index (χ4v) is 2.67. The summed E-state index contributed by atoms with van der Waals surface area (Å²) in [6.07, 6.45) is 3.12. The van der Waals surface area contributed by atoms with Gasteiger partial charge in [-0.05, 0) is 19.1 Å². The van der Waals surface area contributed by atoms with E-state index in [2.05, 4.69) is 25.8 Å². The Morgan fingerprint density at radius 2 is 2.21 bits per heavy atom. The predicted molar refractivity (Wildman–Crippen MR) is 89.9 cm³/mol. The lowest BCUT2D eigenvalue weighted by molar-refractivity contribution is 0.262. The highest BCUT2D eigenvalue weighted by Gasteiger charge is 2.14. The smallest absolute Gasteiger partial charge is 0.323 e. The molecule has 2 heterocycles. The molecule has 0 atom stereocenters. The number of carbonyl (C=O) groups is 1. The SMILES string of the molecule is CCOc1ccc(NC(=O)Nc2cn[nH]c2-c2nccs2)c(F)c1. The van der Waals surface area contributed by atoms with Crippen LogP contribution < -0.4 is 15.4 Å². The molecule has 0 aliphatic heterocycles. The van der Waals surface area contributed by atoms with Gasteiger partial charge in [-0.15, -0.1) is 11.3 Å². The minimum Gasteiger partial charge on any atom is -0.494 e. The molecule has 9 heteroatoms. The summed E-state index contributed by atoms with van der Waals surface area (Å²) in [5.74, 6) is -0.176. The van der Waals surface area contributed by atoms with Crippen molar-refractivity contribution in [3.05, 3.63) is 41.8 Å². The van der Waals surface area contributed by atoms with E-state index >= 15 is 0 Å². The average Bonchev–Trinajstić information content (AvgIpc) is 3.21. The van der Waals surface area contributed by atoms with E-state index in [9.17, 15) is 9.18 Å². The van der Waals surface area contributed by atoms with Gasteiger partial charge in [0.2, 0.25) is 0 Å². The lowest BCUT2D eigenvalue weighted by Gasteiger charge is -2.09.